The topological polar surface area (TPSA) is 43.8 Å². The molecule has 3 nitrogen and oxygen atoms in total. The molecule has 74 valence electrons. The number of aromatic nitrogens is 2. The predicted octanol–water partition coefficient (Wildman–Crippen LogP) is 1.73. The van der Waals surface area contributed by atoms with Gasteiger partial charge in [-0.2, -0.15) is 13.2 Å². The van der Waals surface area contributed by atoms with Gasteiger partial charge < -0.3 is 10.3 Å². The first-order chi connectivity index (χ1) is 5.88. The Kier molecular flexibility index (Phi) is 2.49. The number of nitrogens with two attached hydrogens (primary N) is 1. The molecule has 1 aromatic rings. The van der Waals surface area contributed by atoms with Gasteiger partial charge >= 0.3 is 6.18 Å². The zero-order valence-electron chi connectivity index (χ0n) is 7.10. The van der Waals surface area contributed by atoms with Crippen LogP contribution >= 0.6 is 0 Å². The van der Waals surface area contributed by atoms with E-state index in [4.69, 9.17) is 5.73 Å². The van der Waals surface area contributed by atoms with Crippen LogP contribution in [-0.4, -0.2) is 15.7 Å². The van der Waals surface area contributed by atoms with E-state index in [0.29, 0.717) is 5.69 Å². The van der Waals surface area contributed by atoms with E-state index in [0.717, 1.165) is 0 Å². The Hall–Kier alpha value is -1.20. The molecular weight excluding hydrogens is 183 g/mol. The smallest absolute Gasteiger partial charge is 0.369 e. The minimum atomic E-state index is -4.15. The maximum atomic E-state index is 11.8. The van der Waals surface area contributed by atoms with E-state index in [1.165, 1.54) is 10.8 Å². The Morgan fingerprint density at radius 3 is 2.54 bits per heavy atom. The maximum Gasteiger partial charge on any atom is 0.390 e. The van der Waals surface area contributed by atoms with Gasteiger partial charge in [-0.1, -0.05) is 0 Å². The lowest BCUT2D eigenvalue weighted by Gasteiger charge is -2.07. The number of hydrogen-bond donors (Lipinski definition) is 1. The van der Waals surface area contributed by atoms with Crippen LogP contribution in [0, 0.1) is 6.92 Å². The largest absolute Gasteiger partial charge is 0.390 e. The van der Waals surface area contributed by atoms with Crippen molar-refractivity contribution < 1.29 is 13.2 Å². The molecule has 0 aliphatic heterocycles. The molecule has 0 aliphatic carbocycles. The van der Waals surface area contributed by atoms with Crippen molar-refractivity contribution >= 4 is 5.95 Å². The van der Waals surface area contributed by atoms with E-state index < -0.39 is 12.6 Å². The van der Waals surface area contributed by atoms with Gasteiger partial charge in [-0.05, 0) is 6.92 Å². The van der Waals surface area contributed by atoms with Crippen molar-refractivity contribution in [2.75, 3.05) is 5.73 Å². The Balaban J connectivity index is 2.59. The second-order valence-corrected chi connectivity index (χ2v) is 2.80. The summed E-state index contributed by atoms with van der Waals surface area (Å²) in [5.74, 6) is 0.127. The van der Waals surface area contributed by atoms with E-state index in [9.17, 15) is 13.2 Å². The lowest BCUT2D eigenvalue weighted by atomic mass is 10.4. The lowest BCUT2D eigenvalue weighted by Crippen LogP contribution is -2.13. The number of anilines is 1. The van der Waals surface area contributed by atoms with Crippen molar-refractivity contribution in [3.05, 3.63) is 11.9 Å². The molecule has 0 fully saturated rings. The molecule has 0 saturated carbocycles. The first-order valence-electron chi connectivity index (χ1n) is 3.74. The summed E-state index contributed by atoms with van der Waals surface area (Å²) in [4.78, 5) is 3.79. The van der Waals surface area contributed by atoms with Gasteiger partial charge in [0.1, 0.15) is 0 Å². The second kappa shape index (κ2) is 3.27. The van der Waals surface area contributed by atoms with Gasteiger partial charge in [0.25, 0.3) is 0 Å². The summed E-state index contributed by atoms with van der Waals surface area (Å²) in [5.41, 5.74) is 5.98. The van der Waals surface area contributed by atoms with E-state index in [1.54, 1.807) is 6.92 Å². The molecule has 2 N–H and O–H groups in total. The first-order valence-corrected chi connectivity index (χ1v) is 3.74. The minimum absolute atomic E-state index is 0.127. The van der Waals surface area contributed by atoms with Gasteiger partial charge in [0.2, 0.25) is 0 Å². The van der Waals surface area contributed by atoms with Crippen LogP contribution in [0.3, 0.4) is 0 Å². The van der Waals surface area contributed by atoms with E-state index in [-0.39, 0.29) is 12.5 Å². The summed E-state index contributed by atoms with van der Waals surface area (Å²) in [6.45, 7) is 1.51. The van der Waals surface area contributed by atoms with E-state index in [2.05, 4.69) is 4.98 Å². The normalized spacial score (nSPS) is 12.0. The molecule has 1 rings (SSSR count). The number of alkyl halides is 3. The molecule has 0 spiro atoms. The van der Waals surface area contributed by atoms with Gasteiger partial charge in [0.05, 0.1) is 12.1 Å². The highest BCUT2D eigenvalue weighted by Gasteiger charge is 2.26. The fraction of sp³-hybridized carbons (Fsp3) is 0.571. The number of nitrogens with zero attached hydrogens (tertiary/aromatic N) is 2. The Morgan fingerprint density at radius 2 is 2.15 bits per heavy atom. The monoisotopic (exact) mass is 193 g/mol. The second-order valence-electron chi connectivity index (χ2n) is 2.80. The zero-order valence-corrected chi connectivity index (χ0v) is 7.10. The lowest BCUT2D eigenvalue weighted by molar-refractivity contribution is -0.136. The fourth-order valence-electron chi connectivity index (χ4n) is 0.992. The quantitative estimate of drug-likeness (QED) is 0.777. The summed E-state index contributed by atoms with van der Waals surface area (Å²) in [5, 5.41) is 0. The standard InChI is InChI=1S/C7H10F3N3/c1-5-4-13(6(11)12-5)3-2-7(8,9)10/h4H,2-3H2,1H3,(H2,11,12). The van der Waals surface area contributed by atoms with Crippen molar-refractivity contribution in [2.45, 2.75) is 26.1 Å². The molecule has 0 unspecified atom stereocenters. The average molecular weight is 193 g/mol. The van der Waals surface area contributed by atoms with Gasteiger partial charge in [-0.3, -0.25) is 0 Å². The number of halogens is 3. The molecule has 1 heterocycles. The highest BCUT2D eigenvalue weighted by Crippen LogP contribution is 2.21. The third-order valence-corrected chi connectivity index (χ3v) is 1.56. The van der Waals surface area contributed by atoms with Crippen LogP contribution in [0.5, 0.6) is 0 Å². The Labute approximate surface area is 73.4 Å². The highest BCUT2D eigenvalue weighted by atomic mass is 19.4. The maximum absolute atomic E-state index is 11.8. The number of rotatable bonds is 2. The summed E-state index contributed by atoms with van der Waals surface area (Å²) in [7, 11) is 0. The van der Waals surface area contributed by atoms with Crippen LogP contribution in [0.2, 0.25) is 0 Å². The molecule has 0 saturated heterocycles. The van der Waals surface area contributed by atoms with Gasteiger partial charge in [0, 0.05) is 12.7 Å². The summed E-state index contributed by atoms with van der Waals surface area (Å²) < 4.78 is 36.7. The number of hydrogen-bond acceptors (Lipinski definition) is 2. The zero-order chi connectivity index (χ0) is 10.1. The van der Waals surface area contributed by atoms with Crippen molar-refractivity contribution in [3.63, 3.8) is 0 Å². The first kappa shape index (κ1) is 9.88. The Morgan fingerprint density at radius 1 is 1.54 bits per heavy atom. The van der Waals surface area contributed by atoms with Crippen LogP contribution in [0.1, 0.15) is 12.1 Å². The van der Waals surface area contributed by atoms with E-state index in [1.807, 2.05) is 0 Å². The predicted molar refractivity (Wildman–Crippen MR) is 42.0 cm³/mol. The van der Waals surface area contributed by atoms with Crippen molar-refractivity contribution in [1.29, 1.82) is 0 Å². The molecule has 1 aromatic heterocycles. The van der Waals surface area contributed by atoms with Crippen LogP contribution in [-0.2, 0) is 6.54 Å². The molecule has 6 heteroatoms. The third kappa shape index (κ3) is 2.96. The molecule has 0 radical (unpaired) electrons. The van der Waals surface area contributed by atoms with Crippen molar-refractivity contribution in [1.82, 2.24) is 9.55 Å². The average Bonchev–Trinajstić information content (AvgIpc) is 2.24. The summed E-state index contributed by atoms with van der Waals surface area (Å²) in [6.07, 6.45) is -3.53. The molecule has 0 bridgehead atoms. The number of imidazole rings is 1. The van der Waals surface area contributed by atoms with E-state index >= 15 is 0 Å². The third-order valence-electron chi connectivity index (χ3n) is 1.56. The van der Waals surface area contributed by atoms with Gasteiger partial charge in [-0.25, -0.2) is 4.98 Å². The molecule has 13 heavy (non-hydrogen) atoms. The van der Waals surface area contributed by atoms with Gasteiger partial charge in [-0.15, -0.1) is 0 Å². The van der Waals surface area contributed by atoms with Crippen LogP contribution in [0.25, 0.3) is 0 Å². The molecule has 0 aliphatic rings. The Bertz CT molecular complexity index is 290. The fourth-order valence-corrected chi connectivity index (χ4v) is 0.992. The van der Waals surface area contributed by atoms with Crippen molar-refractivity contribution in [3.8, 4) is 0 Å². The molecular formula is C7H10F3N3. The summed E-state index contributed by atoms with van der Waals surface area (Å²) in [6, 6.07) is 0. The summed E-state index contributed by atoms with van der Waals surface area (Å²) >= 11 is 0. The molecule has 0 aromatic carbocycles. The molecule has 0 atom stereocenters. The van der Waals surface area contributed by atoms with Crippen LogP contribution in [0.4, 0.5) is 19.1 Å². The van der Waals surface area contributed by atoms with Gasteiger partial charge in [0.15, 0.2) is 5.95 Å². The number of nitrogen functional groups attached to an aromatic ring is 1. The SMILES string of the molecule is Cc1cn(CCC(F)(F)F)c(N)n1. The van der Waals surface area contributed by atoms with Crippen LogP contribution < -0.4 is 5.73 Å². The number of aryl methyl sites for hydroxylation is 2. The van der Waals surface area contributed by atoms with Crippen LogP contribution in [0.15, 0.2) is 6.20 Å². The minimum Gasteiger partial charge on any atom is -0.369 e. The molecule has 0 amide bonds. The van der Waals surface area contributed by atoms with Crippen molar-refractivity contribution in [2.24, 2.45) is 0 Å². The highest BCUT2D eigenvalue weighted by molar-refractivity contribution is 5.20.